The van der Waals surface area contributed by atoms with Gasteiger partial charge in [0.25, 0.3) is 0 Å². The average Bonchev–Trinajstić information content (AvgIpc) is 2.35. The van der Waals surface area contributed by atoms with E-state index in [1.54, 1.807) is 17.5 Å². The van der Waals surface area contributed by atoms with Gasteiger partial charge in [0.15, 0.2) is 0 Å². The van der Waals surface area contributed by atoms with Gasteiger partial charge in [-0.3, -0.25) is 0 Å². The molecule has 1 atom stereocenters. The molecule has 0 unspecified atom stereocenters. The number of nitrogens with zero attached hydrogens (tertiary/aromatic N) is 1. The van der Waals surface area contributed by atoms with E-state index in [2.05, 4.69) is 18.8 Å². The molecule has 0 aromatic carbocycles. The molecule has 0 spiro atoms. The van der Waals surface area contributed by atoms with Gasteiger partial charge in [-0.05, 0) is 12.3 Å². The fraction of sp³-hybridized carbons (Fsp3) is 0.625. The summed E-state index contributed by atoms with van der Waals surface area (Å²) < 4.78 is 0. The summed E-state index contributed by atoms with van der Waals surface area (Å²) in [6.07, 6.45) is 2.83. The summed E-state index contributed by atoms with van der Waals surface area (Å²) in [6, 6.07) is 0.134. The quantitative estimate of drug-likeness (QED) is 0.755. The van der Waals surface area contributed by atoms with E-state index in [1.807, 2.05) is 5.38 Å². The van der Waals surface area contributed by atoms with Crippen LogP contribution in [0, 0.1) is 5.92 Å². The van der Waals surface area contributed by atoms with Crippen LogP contribution >= 0.6 is 11.3 Å². The molecule has 0 fully saturated rings. The van der Waals surface area contributed by atoms with E-state index in [4.69, 9.17) is 5.73 Å². The second kappa shape index (κ2) is 3.83. The van der Waals surface area contributed by atoms with Crippen LogP contribution in [0.2, 0.25) is 0 Å². The zero-order valence-corrected chi connectivity index (χ0v) is 7.77. The summed E-state index contributed by atoms with van der Waals surface area (Å²) >= 11 is 1.64. The van der Waals surface area contributed by atoms with E-state index >= 15 is 0 Å². The molecule has 62 valence electrons. The smallest absolute Gasteiger partial charge is 0.109 e. The number of thiazole rings is 1. The number of aromatic nitrogens is 1. The van der Waals surface area contributed by atoms with E-state index in [9.17, 15) is 0 Å². The molecule has 0 bridgehead atoms. The molecule has 1 aromatic heterocycles. The van der Waals surface area contributed by atoms with Crippen LogP contribution in [-0.2, 0) is 0 Å². The van der Waals surface area contributed by atoms with Gasteiger partial charge in [-0.25, -0.2) is 4.98 Å². The normalized spacial score (nSPS) is 13.8. The molecule has 0 saturated carbocycles. The van der Waals surface area contributed by atoms with Gasteiger partial charge in [0.1, 0.15) is 5.01 Å². The van der Waals surface area contributed by atoms with E-state index < -0.39 is 0 Å². The van der Waals surface area contributed by atoms with Crippen LogP contribution in [0.15, 0.2) is 11.6 Å². The summed E-state index contributed by atoms with van der Waals surface area (Å²) in [4.78, 5) is 4.16. The fourth-order valence-electron chi connectivity index (χ4n) is 1.03. The fourth-order valence-corrected chi connectivity index (χ4v) is 1.68. The number of hydrogen-bond acceptors (Lipinski definition) is 3. The summed E-state index contributed by atoms with van der Waals surface area (Å²) in [6.45, 7) is 4.35. The Hall–Kier alpha value is -0.410. The molecule has 0 aliphatic rings. The van der Waals surface area contributed by atoms with Gasteiger partial charge in [-0.1, -0.05) is 13.8 Å². The molecule has 0 radical (unpaired) electrons. The van der Waals surface area contributed by atoms with Crippen LogP contribution in [0.3, 0.4) is 0 Å². The molecule has 2 nitrogen and oxygen atoms in total. The van der Waals surface area contributed by atoms with E-state index in [0.29, 0.717) is 5.92 Å². The lowest BCUT2D eigenvalue weighted by atomic mass is 10.1. The third-order valence-corrected chi connectivity index (χ3v) is 2.40. The first-order valence-electron chi connectivity index (χ1n) is 3.85. The van der Waals surface area contributed by atoms with E-state index in [0.717, 1.165) is 11.4 Å². The molecule has 0 aliphatic heterocycles. The minimum Gasteiger partial charge on any atom is -0.322 e. The van der Waals surface area contributed by atoms with E-state index in [1.165, 1.54) is 0 Å². The van der Waals surface area contributed by atoms with Crippen molar-refractivity contribution in [2.75, 3.05) is 0 Å². The SMILES string of the molecule is CC(C)C[C@H](N)c1nccs1. The van der Waals surface area contributed by atoms with Crippen molar-refractivity contribution in [2.24, 2.45) is 11.7 Å². The zero-order valence-electron chi connectivity index (χ0n) is 6.95. The monoisotopic (exact) mass is 170 g/mol. The van der Waals surface area contributed by atoms with Crippen LogP contribution in [-0.4, -0.2) is 4.98 Å². The molecule has 11 heavy (non-hydrogen) atoms. The number of nitrogens with two attached hydrogens (primary N) is 1. The number of hydrogen-bond donors (Lipinski definition) is 1. The van der Waals surface area contributed by atoms with Gasteiger partial charge in [0, 0.05) is 11.6 Å². The first-order valence-corrected chi connectivity index (χ1v) is 4.73. The predicted molar refractivity (Wildman–Crippen MR) is 48.5 cm³/mol. The Morgan fingerprint density at radius 3 is 2.82 bits per heavy atom. The maximum Gasteiger partial charge on any atom is 0.109 e. The van der Waals surface area contributed by atoms with E-state index in [-0.39, 0.29) is 6.04 Å². The summed E-state index contributed by atoms with van der Waals surface area (Å²) in [5.74, 6) is 0.647. The summed E-state index contributed by atoms with van der Waals surface area (Å²) in [7, 11) is 0. The standard InChI is InChI=1S/C8H14N2S/c1-6(2)5-7(9)8-10-3-4-11-8/h3-4,6-7H,5,9H2,1-2H3/t7-/m0/s1. The Balaban J connectivity index is 2.49. The zero-order chi connectivity index (χ0) is 8.27. The van der Waals surface area contributed by atoms with Crippen LogP contribution in [0.5, 0.6) is 0 Å². The van der Waals surface area contributed by atoms with Crippen LogP contribution in [0.4, 0.5) is 0 Å². The lowest BCUT2D eigenvalue weighted by Crippen LogP contribution is -2.12. The molecule has 1 rings (SSSR count). The highest BCUT2D eigenvalue weighted by Crippen LogP contribution is 2.19. The van der Waals surface area contributed by atoms with Crippen molar-refractivity contribution in [1.82, 2.24) is 4.98 Å². The van der Waals surface area contributed by atoms with Crippen molar-refractivity contribution >= 4 is 11.3 Å². The van der Waals surface area contributed by atoms with Gasteiger partial charge >= 0.3 is 0 Å². The Bertz CT molecular complexity index is 194. The van der Waals surface area contributed by atoms with Crippen molar-refractivity contribution in [3.63, 3.8) is 0 Å². The average molecular weight is 170 g/mol. The lowest BCUT2D eigenvalue weighted by Gasteiger charge is -2.10. The highest BCUT2D eigenvalue weighted by Gasteiger charge is 2.09. The number of rotatable bonds is 3. The topological polar surface area (TPSA) is 38.9 Å². The van der Waals surface area contributed by atoms with Crippen LogP contribution in [0.25, 0.3) is 0 Å². The molecular weight excluding hydrogens is 156 g/mol. The summed E-state index contributed by atoms with van der Waals surface area (Å²) in [5, 5.41) is 3.02. The van der Waals surface area contributed by atoms with Crippen molar-refractivity contribution in [2.45, 2.75) is 26.3 Å². The maximum absolute atomic E-state index is 5.89. The molecule has 0 saturated heterocycles. The third kappa shape index (κ3) is 2.60. The Morgan fingerprint density at radius 1 is 1.64 bits per heavy atom. The minimum atomic E-state index is 0.134. The summed E-state index contributed by atoms with van der Waals surface area (Å²) in [5.41, 5.74) is 5.89. The Kier molecular flexibility index (Phi) is 3.02. The largest absolute Gasteiger partial charge is 0.322 e. The maximum atomic E-state index is 5.89. The third-order valence-electron chi connectivity index (χ3n) is 1.49. The van der Waals surface area contributed by atoms with Crippen LogP contribution in [0.1, 0.15) is 31.3 Å². The van der Waals surface area contributed by atoms with Gasteiger partial charge in [0.2, 0.25) is 0 Å². The second-order valence-corrected chi connectivity index (χ2v) is 4.03. The van der Waals surface area contributed by atoms with Gasteiger partial charge in [-0.15, -0.1) is 11.3 Å². The molecule has 3 heteroatoms. The van der Waals surface area contributed by atoms with Gasteiger partial charge < -0.3 is 5.73 Å². The molecule has 0 aliphatic carbocycles. The van der Waals surface area contributed by atoms with Gasteiger partial charge in [0.05, 0.1) is 6.04 Å². The highest BCUT2D eigenvalue weighted by atomic mass is 32.1. The Labute approximate surface area is 71.5 Å². The molecule has 1 heterocycles. The molecular formula is C8H14N2S. The van der Waals surface area contributed by atoms with Crippen molar-refractivity contribution in [1.29, 1.82) is 0 Å². The van der Waals surface area contributed by atoms with Crippen molar-refractivity contribution in [3.8, 4) is 0 Å². The minimum absolute atomic E-state index is 0.134. The molecule has 1 aromatic rings. The Morgan fingerprint density at radius 2 is 2.36 bits per heavy atom. The second-order valence-electron chi connectivity index (χ2n) is 3.11. The predicted octanol–water partition coefficient (Wildman–Crippen LogP) is 2.19. The highest BCUT2D eigenvalue weighted by molar-refractivity contribution is 7.09. The van der Waals surface area contributed by atoms with Crippen molar-refractivity contribution in [3.05, 3.63) is 16.6 Å². The lowest BCUT2D eigenvalue weighted by molar-refractivity contribution is 0.508. The molecule has 0 amide bonds. The van der Waals surface area contributed by atoms with Crippen LogP contribution < -0.4 is 5.73 Å². The van der Waals surface area contributed by atoms with Crippen molar-refractivity contribution < 1.29 is 0 Å². The van der Waals surface area contributed by atoms with Gasteiger partial charge in [-0.2, -0.15) is 0 Å². The first-order chi connectivity index (χ1) is 5.20. The molecule has 2 N–H and O–H groups in total. The first kappa shape index (κ1) is 8.68.